The van der Waals surface area contributed by atoms with Gasteiger partial charge in [-0.05, 0) is 12.1 Å². The number of carbonyl (C=O) groups excluding carboxylic acids is 1. The van der Waals surface area contributed by atoms with E-state index in [0.717, 1.165) is 0 Å². The molecule has 23 heavy (non-hydrogen) atoms. The minimum atomic E-state index is -0.583. The maximum absolute atomic E-state index is 13.6. The number of hydrogen-bond acceptors (Lipinski definition) is 5. The van der Waals surface area contributed by atoms with E-state index in [9.17, 15) is 9.18 Å². The topological polar surface area (TPSA) is 83.6 Å². The number of thiazole rings is 1. The van der Waals surface area contributed by atoms with Gasteiger partial charge in [0.15, 0.2) is 5.69 Å². The molecule has 1 aromatic carbocycles. The number of nitrogens with zero attached hydrogens (tertiary/aromatic N) is 4. The molecule has 0 saturated heterocycles. The monoisotopic (exact) mass is 327 g/mol. The van der Waals surface area contributed by atoms with Crippen molar-refractivity contribution in [3.05, 3.63) is 53.6 Å². The van der Waals surface area contributed by atoms with Crippen LogP contribution in [0.1, 0.15) is 16.1 Å². The van der Waals surface area contributed by atoms with Crippen molar-refractivity contribution in [1.82, 2.24) is 14.8 Å². The molecular formula is C15H10FN5OS. The molecule has 0 unspecified atom stereocenters. The third-order valence-corrected chi connectivity index (χ3v) is 4.01. The average Bonchev–Trinajstić information content (AvgIpc) is 3.13. The number of aromatic nitrogens is 3. The van der Waals surface area contributed by atoms with Crippen LogP contribution in [-0.2, 0) is 7.05 Å². The Morgan fingerprint density at radius 3 is 2.91 bits per heavy atom. The van der Waals surface area contributed by atoms with Gasteiger partial charge >= 0.3 is 0 Å². The van der Waals surface area contributed by atoms with Gasteiger partial charge in [0, 0.05) is 13.1 Å². The first-order chi connectivity index (χ1) is 11.1. The molecule has 0 atom stereocenters. The van der Waals surface area contributed by atoms with Crippen molar-refractivity contribution in [1.29, 1.82) is 5.26 Å². The van der Waals surface area contributed by atoms with Gasteiger partial charge < -0.3 is 5.32 Å². The van der Waals surface area contributed by atoms with Crippen LogP contribution >= 0.6 is 11.3 Å². The number of carbonyl (C=O) groups is 1. The van der Waals surface area contributed by atoms with Crippen molar-refractivity contribution >= 4 is 22.2 Å². The highest BCUT2D eigenvalue weighted by molar-refractivity contribution is 7.19. The molecule has 0 aliphatic rings. The summed E-state index contributed by atoms with van der Waals surface area (Å²) in [6.07, 6.45) is 1.48. The number of aryl methyl sites for hydroxylation is 1. The highest BCUT2D eigenvalue weighted by atomic mass is 32.1. The number of nitriles is 1. The third kappa shape index (κ3) is 2.95. The molecule has 114 valence electrons. The van der Waals surface area contributed by atoms with Crippen LogP contribution < -0.4 is 5.32 Å². The van der Waals surface area contributed by atoms with Crippen LogP contribution in [0.3, 0.4) is 0 Å². The molecule has 8 heteroatoms. The fraction of sp³-hybridized carbons (Fsp3) is 0.0667. The Morgan fingerprint density at radius 1 is 1.43 bits per heavy atom. The molecule has 2 heterocycles. The molecule has 0 radical (unpaired) electrons. The first kappa shape index (κ1) is 14.9. The Balaban J connectivity index is 1.83. The smallest absolute Gasteiger partial charge is 0.259 e. The van der Waals surface area contributed by atoms with Crippen molar-refractivity contribution in [3.8, 4) is 16.8 Å². The third-order valence-electron chi connectivity index (χ3n) is 3.07. The fourth-order valence-corrected chi connectivity index (χ4v) is 2.86. The standard InChI is InChI=1S/C15H10FN5OS/c1-21-12(6-9(7-17)20-21)15-18-8-13(23-15)19-14(22)10-4-2-3-5-11(10)16/h2-6,8H,1H3,(H,19,22). The van der Waals surface area contributed by atoms with Crippen LogP contribution in [0.15, 0.2) is 36.5 Å². The summed E-state index contributed by atoms with van der Waals surface area (Å²) in [4.78, 5) is 16.3. The predicted molar refractivity (Wildman–Crippen MR) is 83.4 cm³/mol. The molecule has 1 N–H and O–H groups in total. The lowest BCUT2D eigenvalue weighted by Crippen LogP contribution is -2.12. The molecule has 0 fully saturated rings. The molecule has 0 spiro atoms. The number of hydrogen-bond donors (Lipinski definition) is 1. The Morgan fingerprint density at radius 2 is 2.22 bits per heavy atom. The molecule has 3 aromatic rings. The highest BCUT2D eigenvalue weighted by Gasteiger charge is 2.15. The molecule has 3 rings (SSSR count). The molecule has 0 bridgehead atoms. The lowest BCUT2D eigenvalue weighted by atomic mass is 10.2. The van der Waals surface area contributed by atoms with Crippen molar-refractivity contribution in [2.75, 3.05) is 5.32 Å². The van der Waals surface area contributed by atoms with E-state index >= 15 is 0 Å². The first-order valence-corrected chi connectivity index (χ1v) is 7.36. The van der Waals surface area contributed by atoms with Crippen molar-refractivity contribution < 1.29 is 9.18 Å². The lowest BCUT2D eigenvalue weighted by molar-refractivity contribution is 0.102. The van der Waals surface area contributed by atoms with E-state index in [-0.39, 0.29) is 11.3 Å². The second kappa shape index (κ2) is 5.98. The van der Waals surface area contributed by atoms with Gasteiger partial charge in [0.25, 0.3) is 5.91 Å². The molecule has 2 aromatic heterocycles. The lowest BCUT2D eigenvalue weighted by Gasteiger charge is -2.02. The summed E-state index contributed by atoms with van der Waals surface area (Å²) in [6, 6.07) is 9.32. The van der Waals surface area contributed by atoms with Gasteiger partial charge in [-0.3, -0.25) is 9.48 Å². The van der Waals surface area contributed by atoms with Gasteiger partial charge in [0.1, 0.15) is 21.9 Å². The normalized spacial score (nSPS) is 10.3. The van der Waals surface area contributed by atoms with Gasteiger partial charge in [-0.1, -0.05) is 23.5 Å². The number of rotatable bonds is 3. The maximum Gasteiger partial charge on any atom is 0.259 e. The largest absolute Gasteiger partial charge is 0.312 e. The van der Waals surface area contributed by atoms with Gasteiger partial charge in [-0.25, -0.2) is 9.37 Å². The number of amides is 1. The summed E-state index contributed by atoms with van der Waals surface area (Å²) in [5.74, 6) is -1.12. The van der Waals surface area contributed by atoms with Crippen LogP contribution in [0.2, 0.25) is 0 Å². The summed E-state index contributed by atoms with van der Waals surface area (Å²) >= 11 is 1.22. The van der Waals surface area contributed by atoms with Crippen LogP contribution in [0.4, 0.5) is 9.39 Å². The number of anilines is 1. The number of nitrogens with one attached hydrogen (secondary N) is 1. The zero-order valence-electron chi connectivity index (χ0n) is 11.9. The van der Waals surface area contributed by atoms with E-state index in [0.29, 0.717) is 15.7 Å². The van der Waals surface area contributed by atoms with Gasteiger partial charge in [0.05, 0.1) is 17.5 Å². The summed E-state index contributed by atoms with van der Waals surface area (Å²) in [5.41, 5.74) is 0.919. The van der Waals surface area contributed by atoms with Gasteiger partial charge in [0.2, 0.25) is 0 Å². The maximum atomic E-state index is 13.6. The Bertz CT molecular complexity index is 924. The first-order valence-electron chi connectivity index (χ1n) is 6.54. The van der Waals surface area contributed by atoms with Crippen LogP contribution in [0, 0.1) is 17.1 Å². The van der Waals surface area contributed by atoms with Crippen molar-refractivity contribution in [3.63, 3.8) is 0 Å². The quantitative estimate of drug-likeness (QED) is 0.802. The van der Waals surface area contributed by atoms with Gasteiger partial charge in [-0.2, -0.15) is 10.4 Å². The molecule has 0 aliphatic heterocycles. The fourth-order valence-electron chi connectivity index (χ4n) is 2.00. The second-order valence-electron chi connectivity index (χ2n) is 4.61. The van der Waals surface area contributed by atoms with E-state index in [2.05, 4.69) is 15.4 Å². The zero-order valence-corrected chi connectivity index (χ0v) is 12.8. The molecule has 6 nitrogen and oxygen atoms in total. The molecule has 0 aliphatic carbocycles. The molecular weight excluding hydrogens is 317 g/mol. The summed E-state index contributed by atoms with van der Waals surface area (Å²) in [6.45, 7) is 0. The van der Waals surface area contributed by atoms with E-state index < -0.39 is 11.7 Å². The molecule has 1 amide bonds. The minimum absolute atomic E-state index is 0.0326. The zero-order chi connectivity index (χ0) is 16.4. The van der Waals surface area contributed by atoms with E-state index in [1.807, 2.05) is 6.07 Å². The van der Waals surface area contributed by atoms with Crippen LogP contribution in [0.5, 0.6) is 0 Å². The van der Waals surface area contributed by atoms with Crippen molar-refractivity contribution in [2.45, 2.75) is 0 Å². The summed E-state index contributed by atoms with van der Waals surface area (Å²) in [5, 5.41) is 16.6. The van der Waals surface area contributed by atoms with E-state index in [1.165, 1.54) is 35.7 Å². The summed E-state index contributed by atoms with van der Waals surface area (Å²) in [7, 11) is 1.70. The van der Waals surface area contributed by atoms with E-state index in [1.54, 1.807) is 23.9 Å². The summed E-state index contributed by atoms with van der Waals surface area (Å²) < 4.78 is 15.1. The van der Waals surface area contributed by atoms with Crippen molar-refractivity contribution in [2.24, 2.45) is 7.05 Å². The van der Waals surface area contributed by atoms with Gasteiger partial charge in [-0.15, -0.1) is 0 Å². The van der Waals surface area contributed by atoms with Crippen LogP contribution in [0.25, 0.3) is 10.7 Å². The highest BCUT2D eigenvalue weighted by Crippen LogP contribution is 2.29. The SMILES string of the molecule is Cn1nc(C#N)cc1-c1ncc(NC(=O)c2ccccc2F)s1. The number of benzene rings is 1. The Labute approximate surface area is 134 Å². The second-order valence-corrected chi connectivity index (χ2v) is 5.64. The Kier molecular flexibility index (Phi) is 3.87. The average molecular weight is 327 g/mol. The number of halogens is 1. The minimum Gasteiger partial charge on any atom is -0.312 e. The molecule has 0 saturated carbocycles. The Hall–Kier alpha value is -3.05. The predicted octanol–water partition coefficient (Wildman–Crippen LogP) is 2.81. The van der Waals surface area contributed by atoms with E-state index in [4.69, 9.17) is 5.26 Å². The van der Waals surface area contributed by atoms with Crippen LogP contribution in [-0.4, -0.2) is 20.7 Å².